The second-order valence-electron chi connectivity index (χ2n) is 11.7. The van der Waals surface area contributed by atoms with Crippen molar-refractivity contribution in [3.05, 3.63) is 174 Å². The number of rotatable bonds is 1. The van der Waals surface area contributed by atoms with Crippen LogP contribution in [0.15, 0.2) is 161 Å². The predicted molar refractivity (Wildman–Crippen MR) is 180 cm³/mol. The van der Waals surface area contributed by atoms with Gasteiger partial charge in [0.05, 0.1) is 22.1 Å². The Balaban J connectivity index is 1.38. The number of benzene rings is 7. The fourth-order valence-electron chi connectivity index (χ4n) is 7.98. The van der Waals surface area contributed by atoms with Crippen molar-refractivity contribution in [3.8, 4) is 16.8 Å². The molecule has 10 rings (SSSR count). The molecule has 0 amide bonds. The number of hydrogen-bond donors (Lipinski definition) is 0. The number of nitrogens with zero attached hydrogens (tertiary/aromatic N) is 1. The van der Waals surface area contributed by atoms with Crippen LogP contribution < -0.4 is 0 Å². The van der Waals surface area contributed by atoms with Crippen molar-refractivity contribution >= 4 is 44.3 Å². The van der Waals surface area contributed by atoms with E-state index in [1.165, 1.54) is 81.4 Å². The van der Waals surface area contributed by atoms with Gasteiger partial charge in [-0.25, -0.2) is 0 Å². The minimum atomic E-state index is -0.374. The molecule has 2 heterocycles. The average Bonchev–Trinajstić information content (AvgIpc) is 3.54. The Bertz CT molecular complexity index is 2400. The lowest BCUT2D eigenvalue weighted by Gasteiger charge is -2.39. The molecular weight excluding hydrogens is 539 g/mol. The van der Waals surface area contributed by atoms with Crippen LogP contribution >= 0.6 is 11.8 Å². The molecule has 43 heavy (non-hydrogen) atoms. The summed E-state index contributed by atoms with van der Waals surface area (Å²) in [5.41, 5.74) is 11.5. The van der Waals surface area contributed by atoms with E-state index in [1.54, 1.807) is 0 Å². The molecule has 0 unspecified atom stereocenters. The number of fused-ring (bicyclic) bond motifs is 13. The SMILES string of the molecule is c1ccc2c(c1)Sc1cc3c(cc1C21c2ccccc2-c2ccccc21)c1ccccc1n3-c1cccc2ccccc12. The lowest BCUT2D eigenvalue weighted by atomic mass is 9.67. The Kier molecular flexibility index (Phi) is 4.65. The minimum Gasteiger partial charge on any atom is -0.309 e. The molecule has 2 aliphatic rings. The van der Waals surface area contributed by atoms with E-state index in [2.05, 4.69) is 156 Å². The van der Waals surface area contributed by atoms with E-state index >= 15 is 0 Å². The Morgan fingerprint density at radius 1 is 0.419 bits per heavy atom. The Morgan fingerprint density at radius 3 is 1.86 bits per heavy atom. The van der Waals surface area contributed by atoms with E-state index in [-0.39, 0.29) is 5.41 Å². The van der Waals surface area contributed by atoms with Gasteiger partial charge in [0.15, 0.2) is 0 Å². The van der Waals surface area contributed by atoms with Crippen LogP contribution in [-0.2, 0) is 5.41 Å². The van der Waals surface area contributed by atoms with Crippen molar-refractivity contribution in [2.75, 3.05) is 0 Å². The second-order valence-corrected chi connectivity index (χ2v) is 12.7. The molecule has 8 aromatic rings. The summed E-state index contributed by atoms with van der Waals surface area (Å²) in [5, 5.41) is 5.10. The van der Waals surface area contributed by atoms with Gasteiger partial charge in [-0.15, -0.1) is 0 Å². The normalized spacial score (nSPS) is 14.1. The Hall–Kier alpha value is -5.05. The van der Waals surface area contributed by atoms with Crippen LogP contribution in [0.2, 0.25) is 0 Å². The highest BCUT2D eigenvalue weighted by Crippen LogP contribution is 2.62. The summed E-state index contributed by atoms with van der Waals surface area (Å²) in [5.74, 6) is 0. The maximum Gasteiger partial charge on any atom is 0.0735 e. The second kappa shape index (κ2) is 8.50. The van der Waals surface area contributed by atoms with Crippen LogP contribution in [0.5, 0.6) is 0 Å². The van der Waals surface area contributed by atoms with Crippen molar-refractivity contribution in [2.24, 2.45) is 0 Å². The first-order valence-electron chi connectivity index (χ1n) is 14.9. The Labute approximate surface area is 254 Å². The summed E-state index contributed by atoms with van der Waals surface area (Å²) in [7, 11) is 0. The van der Waals surface area contributed by atoms with Gasteiger partial charge in [-0.2, -0.15) is 0 Å². The number of hydrogen-bond acceptors (Lipinski definition) is 1. The van der Waals surface area contributed by atoms with Gasteiger partial charge in [0.2, 0.25) is 0 Å². The maximum absolute atomic E-state index is 2.52. The van der Waals surface area contributed by atoms with Crippen molar-refractivity contribution in [1.82, 2.24) is 4.57 Å². The summed E-state index contributed by atoms with van der Waals surface area (Å²) in [6, 6.07) is 56.4. The average molecular weight is 564 g/mol. The highest BCUT2D eigenvalue weighted by atomic mass is 32.2. The predicted octanol–water partition coefficient (Wildman–Crippen LogP) is 10.8. The van der Waals surface area contributed by atoms with E-state index in [0.29, 0.717) is 0 Å². The van der Waals surface area contributed by atoms with Crippen molar-refractivity contribution < 1.29 is 0 Å². The molecule has 2 heteroatoms. The van der Waals surface area contributed by atoms with Gasteiger partial charge >= 0.3 is 0 Å². The van der Waals surface area contributed by atoms with Gasteiger partial charge in [-0.05, 0) is 69.1 Å². The zero-order valence-electron chi connectivity index (χ0n) is 23.3. The third kappa shape index (κ3) is 2.94. The number of aromatic nitrogens is 1. The molecule has 1 aromatic heterocycles. The van der Waals surface area contributed by atoms with E-state index in [1.807, 2.05) is 11.8 Å². The molecule has 1 spiro atoms. The Morgan fingerprint density at radius 2 is 1.05 bits per heavy atom. The van der Waals surface area contributed by atoms with Crippen LogP contribution in [0.4, 0.5) is 0 Å². The van der Waals surface area contributed by atoms with Gasteiger partial charge < -0.3 is 4.57 Å². The van der Waals surface area contributed by atoms with Gasteiger partial charge in [-0.1, -0.05) is 133 Å². The molecule has 0 radical (unpaired) electrons. The highest BCUT2D eigenvalue weighted by Gasteiger charge is 2.50. The first kappa shape index (κ1) is 23.5. The summed E-state index contributed by atoms with van der Waals surface area (Å²) in [4.78, 5) is 2.65. The molecule has 1 aliphatic carbocycles. The molecule has 1 nitrogen and oxygen atoms in total. The lowest BCUT2D eigenvalue weighted by molar-refractivity contribution is 0.724. The largest absolute Gasteiger partial charge is 0.309 e. The zero-order chi connectivity index (χ0) is 28.1. The summed E-state index contributed by atoms with van der Waals surface area (Å²) >= 11 is 1.91. The summed E-state index contributed by atoms with van der Waals surface area (Å²) < 4.78 is 2.48. The highest BCUT2D eigenvalue weighted by molar-refractivity contribution is 7.99. The summed E-state index contributed by atoms with van der Waals surface area (Å²) in [6.45, 7) is 0. The molecular formula is C41H25NS. The van der Waals surface area contributed by atoms with Crippen molar-refractivity contribution in [1.29, 1.82) is 0 Å². The van der Waals surface area contributed by atoms with Crippen LogP contribution in [0, 0.1) is 0 Å². The van der Waals surface area contributed by atoms with Gasteiger partial charge in [-0.3, -0.25) is 0 Å². The molecule has 7 aromatic carbocycles. The lowest BCUT2D eigenvalue weighted by Crippen LogP contribution is -2.31. The van der Waals surface area contributed by atoms with E-state index in [4.69, 9.17) is 0 Å². The molecule has 1 aliphatic heterocycles. The standard InChI is InChI=1S/C41H25NS/c1-2-14-27-26(12-1)13-11-22-36(27)42-37-21-9-5-17-30(37)31-24-35-40(25-38(31)42)43-39-23-10-8-20-34(39)41(35)32-18-6-3-15-28(32)29-16-4-7-19-33(29)41/h1-25H. The third-order valence-electron chi connectivity index (χ3n) is 9.65. The fourth-order valence-corrected chi connectivity index (χ4v) is 9.19. The monoisotopic (exact) mass is 563 g/mol. The molecule has 0 N–H and O–H groups in total. The van der Waals surface area contributed by atoms with Crippen LogP contribution in [0.3, 0.4) is 0 Å². The topological polar surface area (TPSA) is 4.93 Å². The van der Waals surface area contributed by atoms with Gasteiger partial charge in [0, 0.05) is 25.9 Å². The smallest absolute Gasteiger partial charge is 0.0735 e. The minimum absolute atomic E-state index is 0.374. The van der Waals surface area contributed by atoms with E-state index in [0.717, 1.165) is 0 Å². The first-order chi connectivity index (χ1) is 21.3. The number of para-hydroxylation sites is 1. The quantitative estimate of drug-likeness (QED) is 0.192. The van der Waals surface area contributed by atoms with Crippen molar-refractivity contribution in [2.45, 2.75) is 15.2 Å². The van der Waals surface area contributed by atoms with Gasteiger partial charge in [0.1, 0.15) is 0 Å². The molecule has 200 valence electrons. The molecule has 0 atom stereocenters. The van der Waals surface area contributed by atoms with Crippen molar-refractivity contribution in [3.63, 3.8) is 0 Å². The maximum atomic E-state index is 2.52. The van der Waals surface area contributed by atoms with Crippen LogP contribution in [-0.4, -0.2) is 4.57 Å². The summed E-state index contributed by atoms with van der Waals surface area (Å²) in [6.07, 6.45) is 0. The van der Waals surface area contributed by atoms with Crippen LogP contribution in [0.1, 0.15) is 22.3 Å². The fraction of sp³-hybridized carbons (Fsp3) is 0.0244. The molecule has 0 fully saturated rings. The van der Waals surface area contributed by atoms with Crippen LogP contribution in [0.25, 0.3) is 49.4 Å². The zero-order valence-corrected chi connectivity index (χ0v) is 24.1. The van der Waals surface area contributed by atoms with E-state index in [9.17, 15) is 0 Å². The molecule has 0 saturated carbocycles. The van der Waals surface area contributed by atoms with E-state index < -0.39 is 0 Å². The first-order valence-corrected chi connectivity index (χ1v) is 15.7. The van der Waals surface area contributed by atoms with Gasteiger partial charge in [0.25, 0.3) is 0 Å². The third-order valence-corrected chi connectivity index (χ3v) is 10.8. The molecule has 0 saturated heterocycles. The molecule has 0 bridgehead atoms.